The van der Waals surface area contributed by atoms with E-state index in [-0.39, 0.29) is 17.3 Å². The van der Waals surface area contributed by atoms with Gasteiger partial charge in [0.25, 0.3) is 5.91 Å². The molecule has 0 saturated carbocycles. The number of amides is 1. The van der Waals surface area contributed by atoms with Crippen LogP contribution in [-0.2, 0) is 0 Å². The maximum Gasteiger partial charge on any atom is 0.253 e. The van der Waals surface area contributed by atoms with Gasteiger partial charge in [-0.05, 0) is 44.1 Å². The Hall–Kier alpha value is -1.88. The van der Waals surface area contributed by atoms with Crippen molar-refractivity contribution in [2.45, 2.75) is 37.7 Å². The van der Waals surface area contributed by atoms with Gasteiger partial charge in [-0.25, -0.2) is 0 Å². The summed E-state index contributed by atoms with van der Waals surface area (Å²) < 4.78 is 6.21. The van der Waals surface area contributed by atoms with Crippen LogP contribution < -0.4 is 10.1 Å². The number of hydrogen-bond donors (Lipinski definition) is 1. The van der Waals surface area contributed by atoms with E-state index < -0.39 is 0 Å². The van der Waals surface area contributed by atoms with E-state index in [1.165, 1.54) is 0 Å². The number of benzene rings is 1. The molecule has 0 aromatic heterocycles. The highest BCUT2D eigenvalue weighted by Crippen LogP contribution is 2.38. The molecule has 5 heteroatoms. The standard InChI is InChI=1S/C18H22N2O3/c21-15-12-18(5-7-19-8-6-18)23-16-4-3-13(11-14(15)16)17(22)20-9-1-2-10-20/h3-4,11,19H,1-2,5-10,12H2. The van der Waals surface area contributed by atoms with Gasteiger partial charge in [0.1, 0.15) is 11.4 Å². The molecule has 3 aliphatic heterocycles. The summed E-state index contributed by atoms with van der Waals surface area (Å²) in [7, 11) is 0. The first kappa shape index (κ1) is 14.7. The zero-order chi connectivity index (χ0) is 15.9. The molecule has 1 aromatic rings. The van der Waals surface area contributed by atoms with Crippen molar-refractivity contribution in [2.75, 3.05) is 26.2 Å². The minimum atomic E-state index is -0.351. The predicted octanol–water partition coefficient (Wildman–Crippen LogP) is 2.01. The Balaban J connectivity index is 1.61. The van der Waals surface area contributed by atoms with E-state index >= 15 is 0 Å². The Bertz CT molecular complexity index is 644. The SMILES string of the molecule is O=C1CC2(CCNCC2)Oc2ccc(C(=O)N3CCCC3)cc21. The van der Waals surface area contributed by atoms with Crippen LogP contribution in [0.4, 0.5) is 0 Å². The number of fused-ring (bicyclic) bond motifs is 1. The zero-order valence-corrected chi connectivity index (χ0v) is 13.3. The van der Waals surface area contributed by atoms with Gasteiger partial charge in [0.15, 0.2) is 5.78 Å². The Morgan fingerprint density at radius 1 is 1.17 bits per heavy atom. The molecule has 2 fully saturated rings. The van der Waals surface area contributed by atoms with Crippen molar-refractivity contribution < 1.29 is 14.3 Å². The molecule has 0 radical (unpaired) electrons. The highest BCUT2D eigenvalue weighted by Gasteiger charge is 2.41. The lowest BCUT2D eigenvalue weighted by atomic mass is 9.82. The van der Waals surface area contributed by atoms with E-state index in [0.717, 1.165) is 51.9 Å². The second-order valence-corrected chi connectivity index (χ2v) is 6.85. The summed E-state index contributed by atoms with van der Waals surface area (Å²) in [6, 6.07) is 5.33. The normalized spacial score (nSPS) is 22.8. The van der Waals surface area contributed by atoms with E-state index in [2.05, 4.69) is 5.32 Å². The maximum absolute atomic E-state index is 12.6. The lowest BCUT2D eigenvalue weighted by Crippen LogP contribution is -2.49. The minimum absolute atomic E-state index is 0.0280. The first-order chi connectivity index (χ1) is 11.2. The molecule has 2 saturated heterocycles. The number of nitrogens with zero attached hydrogens (tertiary/aromatic N) is 1. The molecule has 122 valence electrons. The van der Waals surface area contributed by atoms with Crippen LogP contribution in [-0.4, -0.2) is 48.4 Å². The third-order valence-corrected chi connectivity index (χ3v) is 5.24. The van der Waals surface area contributed by atoms with E-state index in [9.17, 15) is 9.59 Å². The molecule has 0 atom stereocenters. The van der Waals surface area contributed by atoms with E-state index in [0.29, 0.717) is 23.3 Å². The highest BCUT2D eigenvalue weighted by atomic mass is 16.5. The molecule has 3 aliphatic rings. The molecule has 0 unspecified atom stereocenters. The average Bonchev–Trinajstić information content (AvgIpc) is 3.09. The van der Waals surface area contributed by atoms with Crippen molar-refractivity contribution >= 4 is 11.7 Å². The predicted molar refractivity (Wildman–Crippen MR) is 86.0 cm³/mol. The third-order valence-electron chi connectivity index (χ3n) is 5.24. The second-order valence-electron chi connectivity index (χ2n) is 6.85. The van der Waals surface area contributed by atoms with E-state index in [4.69, 9.17) is 4.74 Å². The monoisotopic (exact) mass is 314 g/mol. The lowest BCUT2D eigenvalue weighted by Gasteiger charge is -2.41. The Labute approximate surface area is 136 Å². The van der Waals surface area contributed by atoms with Crippen LogP contribution in [0, 0.1) is 0 Å². The fourth-order valence-corrected chi connectivity index (χ4v) is 3.89. The first-order valence-electron chi connectivity index (χ1n) is 8.53. The molecular formula is C18H22N2O3. The minimum Gasteiger partial charge on any atom is -0.486 e. The van der Waals surface area contributed by atoms with Gasteiger partial charge in [-0.15, -0.1) is 0 Å². The van der Waals surface area contributed by atoms with Crippen molar-refractivity contribution in [3.63, 3.8) is 0 Å². The number of nitrogens with one attached hydrogen (secondary N) is 1. The number of carbonyl (C=O) groups excluding carboxylic acids is 2. The molecular weight excluding hydrogens is 292 g/mol. The fourth-order valence-electron chi connectivity index (χ4n) is 3.89. The molecule has 1 amide bonds. The van der Waals surface area contributed by atoms with Gasteiger partial charge < -0.3 is 15.0 Å². The van der Waals surface area contributed by atoms with Gasteiger partial charge >= 0.3 is 0 Å². The van der Waals surface area contributed by atoms with Crippen LogP contribution in [0.2, 0.25) is 0 Å². The van der Waals surface area contributed by atoms with Crippen LogP contribution >= 0.6 is 0 Å². The maximum atomic E-state index is 12.6. The Morgan fingerprint density at radius 3 is 2.65 bits per heavy atom. The summed E-state index contributed by atoms with van der Waals surface area (Å²) in [6.07, 6.45) is 4.26. The number of ketones is 1. The zero-order valence-electron chi connectivity index (χ0n) is 13.3. The summed E-state index contributed by atoms with van der Waals surface area (Å²) >= 11 is 0. The molecule has 3 heterocycles. The Morgan fingerprint density at radius 2 is 1.91 bits per heavy atom. The van der Waals surface area contributed by atoms with Crippen LogP contribution in [0.25, 0.3) is 0 Å². The van der Waals surface area contributed by atoms with Crippen molar-refractivity contribution in [1.29, 1.82) is 0 Å². The van der Waals surface area contributed by atoms with Gasteiger partial charge in [0.2, 0.25) is 0 Å². The van der Waals surface area contributed by atoms with Crippen molar-refractivity contribution in [3.8, 4) is 5.75 Å². The second kappa shape index (κ2) is 5.64. The molecule has 1 aromatic carbocycles. The molecule has 5 nitrogen and oxygen atoms in total. The number of ether oxygens (including phenoxy) is 1. The first-order valence-corrected chi connectivity index (χ1v) is 8.53. The molecule has 0 aliphatic carbocycles. The van der Waals surface area contributed by atoms with Gasteiger partial charge in [0.05, 0.1) is 12.0 Å². The van der Waals surface area contributed by atoms with E-state index in [1.807, 2.05) is 4.90 Å². The number of piperidine rings is 1. The topological polar surface area (TPSA) is 58.6 Å². The van der Waals surface area contributed by atoms with Crippen molar-refractivity contribution in [3.05, 3.63) is 29.3 Å². The summed E-state index contributed by atoms with van der Waals surface area (Å²) in [5.41, 5.74) is 0.818. The quantitative estimate of drug-likeness (QED) is 0.861. The molecule has 1 spiro atoms. The fraction of sp³-hybridized carbons (Fsp3) is 0.556. The van der Waals surface area contributed by atoms with Gasteiger partial charge in [0, 0.05) is 31.5 Å². The Kier molecular flexibility index (Phi) is 3.60. The number of carbonyl (C=O) groups is 2. The molecule has 4 rings (SSSR count). The van der Waals surface area contributed by atoms with Crippen LogP contribution in [0.1, 0.15) is 52.8 Å². The van der Waals surface area contributed by atoms with Crippen molar-refractivity contribution in [1.82, 2.24) is 10.2 Å². The van der Waals surface area contributed by atoms with Crippen LogP contribution in [0.5, 0.6) is 5.75 Å². The molecule has 23 heavy (non-hydrogen) atoms. The average molecular weight is 314 g/mol. The van der Waals surface area contributed by atoms with Gasteiger partial charge in [-0.2, -0.15) is 0 Å². The number of hydrogen-bond acceptors (Lipinski definition) is 4. The van der Waals surface area contributed by atoms with E-state index in [1.54, 1.807) is 18.2 Å². The largest absolute Gasteiger partial charge is 0.486 e. The molecule has 1 N–H and O–H groups in total. The summed E-state index contributed by atoms with van der Waals surface area (Å²) in [5.74, 6) is 0.769. The highest BCUT2D eigenvalue weighted by molar-refractivity contribution is 6.03. The van der Waals surface area contributed by atoms with Crippen LogP contribution in [0.3, 0.4) is 0 Å². The molecule has 0 bridgehead atoms. The summed E-state index contributed by atoms with van der Waals surface area (Å²) in [5, 5.41) is 3.31. The van der Waals surface area contributed by atoms with Gasteiger partial charge in [-0.3, -0.25) is 9.59 Å². The number of likely N-dealkylation sites (tertiary alicyclic amines) is 1. The smallest absolute Gasteiger partial charge is 0.253 e. The lowest BCUT2D eigenvalue weighted by molar-refractivity contribution is 0.0187. The van der Waals surface area contributed by atoms with Gasteiger partial charge in [-0.1, -0.05) is 0 Å². The number of Topliss-reactive ketones (excluding diaryl/α,β-unsaturated/α-hetero) is 1. The number of rotatable bonds is 1. The van der Waals surface area contributed by atoms with Crippen LogP contribution in [0.15, 0.2) is 18.2 Å². The summed E-state index contributed by atoms with van der Waals surface area (Å²) in [6.45, 7) is 3.40. The summed E-state index contributed by atoms with van der Waals surface area (Å²) in [4.78, 5) is 27.0. The van der Waals surface area contributed by atoms with Crippen molar-refractivity contribution in [2.24, 2.45) is 0 Å². The third kappa shape index (κ3) is 2.63.